The number of amides is 1. The van der Waals surface area contributed by atoms with Crippen LogP contribution in [0, 0.1) is 17.0 Å². The molecule has 1 aliphatic rings. The van der Waals surface area contributed by atoms with Gasteiger partial charge in [-0.05, 0) is 42.5 Å². The Morgan fingerprint density at radius 3 is 2.54 bits per heavy atom. The maximum Gasteiger partial charge on any atom is 0.307 e. The molecule has 0 aromatic heterocycles. The average molecular weight is 436 g/mol. The van der Waals surface area contributed by atoms with E-state index in [2.05, 4.69) is 4.83 Å². The fourth-order valence-electron chi connectivity index (χ4n) is 2.32. The first kappa shape index (κ1) is 20.1. The molecule has 0 aliphatic carbocycles. The predicted octanol–water partition coefficient (Wildman–Crippen LogP) is 3.63. The lowest BCUT2D eigenvalue weighted by molar-refractivity contribution is -0.384. The molecule has 1 N–H and O–H groups in total. The molecule has 28 heavy (non-hydrogen) atoms. The highest BCUT2D eigenvalue weighted by atomic mass is 32.2. The van der Waals surface area contributed by atoms with Crippen LogP contribution in [0.1, 0.15) is 11.1 Å². The zero-order chi connectivity index (χ0) is 20.5. The molecule has 144 valence electrons. The van der Waals surface area contributed by atoms with E-state index >= 15 is 0 Å². The number of rotatable bonds is 5. The van der Waals surface area contributed by atoms with E-state index in [1.165, 1.54) is 36.4 Å². The Morgan fingerprint density at radius 2 is 1.89 bits per heavy atom. The molecule has 0 saturated carbocycles. The van der Waals surface area contributed by atoms with Crippen LogP contribution in [0.2, 0.25) is 0 Å². The molecule has 2 aromatic rings. The maximum atomic E-state index is 12.5. The summed E-state index contributed by atoms with van der Waals surface area (Å²) in [6, 6.07) is 11.9. The zero-order valence-electron chi connectivity index (χ0n) is 14.4. The third-order valence-corrected chi connectivity index (χ3v) is 6.45. The second-order valence-corrected chi connectivity index (χ2v) is 8.82. The number of nitrogens with zero attached hydrogens (tertiary/aromatic N) is 2. The number of nitro groups is 1. The highest BCUT2D eigenvalue weighted by Crippen LogP contribution is 2.33. The van der Waals surface area contributed by atoms with E-state index in [-0.39, 0.29) is 15.6 Å². The number of non-ortho nitro benzene ring substituents is 1. The van der Waals surface area contributed by atoms with Crippen molar-refractivity contribution >= 4 is 56.0 Å². The number of carbonyl (C=O) groups excluding carboxylic acids is 1. The van der Waals surface area contributed by atoms with Gasteiger partial charge in [0.1, 0.15) is 4.99 Å². The van der Waals surface area contributed by atoms with Crippen LogP contribution < -0.4 is 4.83 Å². The number of thiocarbonyl (C=S) groups is 1. The summed E-state index contributed by atoms with van der Waals surface area (Å²) in [6.45, 7) is 1.82. The molecule has 0 radical (unpaired) electrons. The van der Waals surface area contributed by atoms with Crippen molar-refractivity contribution in [2.45, 2.75) is 11.8 Å². The molecular weight excluding hydrogens is 422 g/mol. The Morgan fingerprint density at radius 1 is 1.21 bits per heavy atom. The minimum Gasteiger partial charge on any atom is -0.259 e. The number of sulfonamides is 1. The van der Waals surface area contributed by atoms with E-state index < -0.39 is 20.2 Å². The summed E-state index contributed by atoms with van der Waals surface area (Å²) < 4.78 is 25.0. The van der Waals surface area contributed by atoms with Crippen LogP contribution in [0.3, 0.4) is 0 Å². The van der Waals surface area contributed by atoms with Crippen molar-refractivity contribution in [2.24, 2.45) is 0 Å². The van der Waals surface area contributed by atoms with Gasteiger partial charge in [0.2, 0.25) is 0 Å². The topological polar surface area (TPSA) is 110 Å². The second kappa shape index (κ2) is 7.80. The standard InChI is InChI=1S/C17H13N3O5S3/c1-11-5-7-14(8-6-11)28(24,25)18-19-16(26)15(27-17(19)21)10-12-3-2-4-13(9-12)20(22)23/h2-10,18H,1H3/b15-10+. The third kappa shape index (κ3) is 4.28. The molecule has 1 heterocycles. The molecule has 3 rings (SSSR count). The van der Waals surface area contributed by atoms with Crippen LogP contribution in [0.5, 0.6) is 0 Å². The quantitative estimate of drug-likeness (QED) is 0.330. The molecule has 11 heteroatoms. The molecule has 1 amide bonds. The maximum absolute atomic E-state index is 12.5. The van der Waals surface area contributed by atoms with Gasteiger partial charge in [-0.15, -0.1) is 4.83 Å². The Balaban J connectivity index is 1.85. The van der Waals surface area contributed by atoms with Crippen LogP contribution in [0.4, 0.5) is 10.5 Å². The fraction of sp³-hybridized carbons (Fsp3) is 0.0588. The summed E-state index contributed by atoms with van der Waals surface area (Å²) in [5.74, 6) is 0. The Hall–Kier alpha value is -2.60. The van der Waals surface area contributed by atoms with Crippen LogP contribution in [0.25, 0.3) is 6.08 Å². The smallest absolute Gasteiger partial charge is 0.259 e. The summed E-state index contributed by atoms with van der Waals surface area (Å²) in [4.78, 5) is 25.1. The summed E-state index contributed by atoms with van der Waals surface area (Å²) in [6.07, 6.45) is 1.50. The van der Waals surface area contributed by atoms with Gasteiger partial charge in [-0.25, -0.2) is 13.4 Å². The molecule has 1 aliphatic heterocycles. The molecule has 2 aromatic carbocycles. The van der Waals surface area contributed by atoms with E-state index in [0.717, 1.165) is 22.3 Å². The van der Waals surface area contributed by atoms with Crippen molar-refractivity contribution in [1.29, 1.82) is 0 Å². The van der Waals surface area contributed by atoms with Crippen LogP contribution in [-0.2, 0) is 10.0 Å². The Kier molecular flexibility index (Phi) is 5.61. The Bertz CT molecular complexity index is 1110. The number of hydrazine groups is 1. The number of benzene rings is 2. The summed E-state index contributed by atoms with van der Waals surface area (Å²) in [7, 11) is -4.00. The van der Waals surface area contributed by atoms with Crippen molar-refractivity contribution in [3.05, 3.63) is 74.7 Å². The van der Waals surface area contributed by atoms with Crippen LogP contribution in [0.15, 0.2) is 58.3 Å². The van der Waals surface area contributed by atoms with E-state index in [9.17, 15) is 23.3 Å². The van der Waals surface area contributed by atoms with Gasteiger partial charge in [0.05, 0.1) is 14.7 Å². The number of thioether (sulfide) groups is 1. The lowest BCUT2D eigenvalue weighted by Gasteiger charge is -2.16. The first-order chi connectivity index (χ1) is 13.2. The zero-order valence-corrected chi connectivity index (χ0v) is 16.8. The lowest BCUT2D eigenvalue weighted by Crippen LogP contribution is -2.44. The summed E-state index contributed by atoms with van der Waals surface area (Å²) >= 11 is 5.96. The summed E-state index contributed by atoms with van der Waals surface area (Å²) in [5.41, 5.74) is 1.26. The SMILES string of the molecule is Cc1ccc(S(=O)(=O)NN2C(=O)S/C(=C/c3cccc([N+](=O)[O-])c3)C2=S)cc1. The van der Waals surface area contributed by atoms with E-state index in [0.29, 0.717) is 10.5 Å². The minimum absolute atomic E-state index is 0.00480. The molecule has 0 spiro atoms. The van der Waals surface area contributed by atoms with Crippen molar-refractivity contribution in [2.75, 3.05) is 0 Å². The van der Waals surface area contributed by atoms with E-state index in [1.54, 1.807) is 18.2 Å². The van der Waals surface area contributed by atoms with Gasteiger partial charge in [-0.1, -0.05) is 42.0 Å². The number of nitro benzene ring substituents is 1. The molecule has 1 saturated heterocycles. The normalized spacial score (nSPS) is 16.0. The van der Waals surface area contributed by atoms with Crippen molar-refractivity contribution in [1.82, 2.24) is 9.84 Å². The summed E-state index contributed by atoms with van der Waals surface area (Å²) in [5, 5.41) is 11.0. The molecule has 8 nitrogen and oxygen atoms in total. The number of aryl methyl sites for hydroxylation is 1. The van der Waals surface area contributed by atoms with Gasteiger partial charge in [-0.2, -0.15) is 0 Å². The van der Waals surface area contributed by atoms with Gasteiger partial charge in [0.15, 0.2) is 0 Å². The van der Waals surface area contributed by atoms with E-state index in [1.807, 2.05) is 6.92 Å². The second-order valence-electron chi connectivity index (χ2n) is 5.78. The van der Waals surface area contributed by atoms with Gasteiger partial charge in [0.25, 0.3) is 15.7 Å². The first-order valence-electron chi connectivity index (χ1n) is 7.79. The third-order valence-electron chi connectivity index (χ3n) is 3.72. The largest absolute Gasteiger partial charge is 0.307 e. The van der Waals surface area contributed by atoms with Gasteiger partial charge >= 0.3 is 5.24 Å². The molecule has 0 bridgehead atoms. The molecule has 1 fully saturated rings. The monoisotopic (exact) mass is 435 g/mol. The number of hydrogen-bond acceptors (Lipinski definition) is 7. The Labute approximate surface area is 170 Å². The highest BCUT2D eigenvalue weighted by Gasteiger charge is 2.35. The predicted molar refractivity (Wildman–Crippen MR) is 110 cm³/mol. The fourth-order valence-corrected chi connectivity index (χ4v) is 4.61. The van der Waals surface area contributed by atoms with Crippen molar-refractivity contribution in [3.8, 4) is 0 Å². The van der Waals surface area contributed by atoms with Gasteiger partial charge in [0, 0.05) is 12.1 Å². The highest BCUT2D eigenvalue weighted by molar-refractivity contribution is 8.19. The molecular formula is C17H13N3O5S3. The van der Waals surface area contributed by atoms with Crippen molar-refractivity contribution < 1.29 is 18.1 Å². The first-order valence-corrected chi connectivity index (χ1v) is 10.5. The number of carbonyl (C=O) groups is 1. The van der Waals surface area contributed by atoms with E-state index in [4.69, 9.17) is 12.2 Å². The lowest BCUT2D eigenvalue weighted by atomic mass is 10.2. The molecule has 0 atom stereocenters. The van der Waals surface area contributed by atoms with Crippen LogP contribution >= 0.6 is 24.0 Å². The molecule has 0 unspecified atom stereocenters. The minimum atomic E-state index is -4.00. The number of nitrogens with one attached hydrogen (secondary N) is 1. The van der Waals surface area contributed by atoms with Crippen LogP contribution in [-0.4, -0.2) is 28.6 Å². The van der Waals surface area contributed by atoms with Crippen molar-refractivity contribution in [3.63, 3.8) is 0 Å². The van der Waals surface area contributed by atoms with Gasteiger partial charge < -0.3 is 0 Å². The average Bonchev–Trinajstić information content (AvgIpc) is 2.89. The van der Waals surface area contributed by atoms with Gasteiger partial charge in [-0.3, -0.25) is 14.9 Å². The number of hydrogen-bond donors (Lipinski definition) is 1.